The number of rotatable bonds is 15. The molecule has 8 heteroatoms. The van der Waals surface area contributed by atoms with Crippen LogP contribution in [0.4, 0.5) is 0 Å². The van der Waals surface area contributed by atoms with Crippen molar-refractivity contribution in [1.82, 2.24) is 11.5 Å². The number of quaternary nitrogens is 1. The first-order valence-electron chi connectivity index (χ1n) is 9.84. The highest BCUT2D eigenvalue weighted by molar-refractivity contribution is 7.80. The monoisotopic (exact) mass is 410 g/mol. The second kappa shape index (κ2) is 13.5. The van der Waals surface area contributed by atoms with Crippen LogP contribution in [-0.4, -0.2) is 30.0 Å². The van der Waals surface area contributed by atoms with E-state index in [1.807, 2.05) is 0 Å². The third kappa shape index (κ3) is 18.4. The van der Waals surface area contributed by atoms with Gasteiger partial charge in [-0.25, -0.2) is 8.42 Å². The summed E-state index contributed by atoms with van der Waals surface area (Å²) in [5.41, 5.74) is -1.83. The van der Waals surface area contributed by atoms with E-state index in [-0.39, 0.29) is 18.5 Å². The molecule has 7 nitrogen and oxygen atoms in total. The van der Waals surface area contributed by atoms with Gasteiger partial charge in [-0.15, -0.1) is 0 Å². The minimum atomic E-state index is -4.78. The zero-order valence-electron chi connectivity index (χ0n) is 18.2. The Hall–Kier alpha value is -0.700. The highest BCUT2D eigenvalue weighted by Gasteiger charge is 2.32. The molecule has 5 N–H and O–H groups in total. The third-order valence-electron chi connectivity index (χ3n) is 4.18. The van der Waals surface area contributed by atoms with Crippen molar-refractivity contribution in [2.75, 3.05) is 0 Å². The summed E-state index contributed by atoms with van der Waals surface area (Å²) >= 11 is 0. The third-order valence-corrected chi connectivity index (χ3v) is 4.84. The normalized spacial score (nSPS) is 12.5. The quantitative estimate of drug-likeness (QED) is 0.227. The van der Waals surface area contributed by atoms with Gasteiger partial charge in [0.05, 0.1) is 5.60 Å². The molecule has 0 atom stereocenters. The second-order valence-electron chi connectivity index (χ2n) is 8.44. The molecule has 0 rings (SSSR count). The number of hydrogen-bond acceptors (Lipinski definition) is 5. The number of amides is 1. The van der Waals surface area contributed by atoms with Crippen molar-refractivity contribution in [1.29, 1.82) is 0 Å². The van der Waals surface area contributed by atoms with Gasteiger partial charge in [0.25, 0.3) is 0 Å². The maximum Gasteiger partial charge on any atom is 0.220 e. The average molecular weight is 411 g/mol. The topological polar surface area (TPSA) is 132 Å². The van der Waals surface area contributed by atoms with E-state index in [9.17, 15) is 17.8 Å². The molecule has 27 heavy (non-hydrogen) atoms. The number of unbranched alkanes of at least 4 members (excludes halogenated alkanes) is 8. The first kappa shape index (κ1) is 28.5. The molecular weight excluding hydrogens is 368 g/mol. The summed E-state index contributed by atoms with van der Waals surface area (Å²) in [7, 11) is -4.78. The van der Waals surface area contributed by atoms with Crippen LogP contribution in [0.25, 0.3) is 0 Å². The minimum Gasteiger partial charge on any atom is -0.726 e. The van der Waals surface area contributed by atoms with Crippen LogP contribution < -0.4 is 11.5 Å². The summed E-state index contributed by atoms with van der Waals surface area (Å²) in [5.74, 6) is -0.0567. The smallest absolute Gasteiger partial charge is 0.220 e. The van der Waals surface area contributed by atoms with E-state index < -0.39 is 21.5 Å². The fourth-order valence-corrected chi connectivity index (χ4v) is 4.06. The van der Waals surface area contributed by atoms with Gasteiger partial charge in [0.2, 0.25) is 16.3 Å². The summed E-state index contributed by atoms with van der Waals surface area (Å²) in [4.78, 5) is 12.1. The van der Waals surface area contributed by atoms with Crippen LogP contribution in [-0.2, 0) is 19.4 Å². The molecule has 0 heterocycles. The van der Waals surface area contributed by atoms with E-state index in [2.05, 4.69) is 16.4 Å². The van der Waals surface area contributed by atoms with Crippen LogP contribution in [0.15, 0.2) is 0 Å². The van der Waals surface area contributed by atoms with Crippen molar-refractivity contribution in [3.8, 4) is 0 Å². The molecule has 0 aliphatic carbocycles. The van der Waals surface area contributed by atoms with Crippen LogP contribution >= 0.6 is 0 Å². The fourth-order valence-electron chi connectivity index (χ4n) is 3.45. The van der Waals surface area contributed by atoms with E-state index in [1.54, 1.807) is 13.8 Å². The van der Waals surface area contributed by atoms with Crippen molar-refractivity contribution < 1.29 is 21.9 Å². The van der Waals surface area contributed by atoms with Crippen molar-refractivity contribution in [2.24, 2.45) is 0 Å². The molecule has 0 aromatic heterocycles. The Morgan fingerprint density at radius 1 is 0.926 bits per heavy atom. The van der Waals surface area contributed by atoms with Gasteiger partial charge in [-0.05, 0) is 40.5 Å². The molecule has 0 aromatic carbocycles. The lowest BCUT2D eigenvalue weighted by atomic mass is 9.89. The van der Waals surface area contributed by atoms with Gasteiger partial charge >= 0.3 is 0 Å². The second-order valence-corrected chi connectivity index (χ2v) is 9.42. The summed E-state index contributed by atoms with van der Waals surface area (Å²) in [5, 5.41) is 2.91. The van der Waals surface area contributed by atoms with Crippen LogP contribution in [0, 0.1) is 0 Å². The van der Waals surface area contributed by atoms with E-state index in [0.29, 0.717) is 6.42 Å². The molecule has 0 aliphatic heterocycles. The van der Waals surface area contributed by atoms with Gasteiger partial charge in [-0.3, -0.25) is 8.98 Å². The van der Waals surface area contributed by atoms with E-state index in [1.165, 1.54) is 52.4 Å². The van der Waals surface area contributed by atoms with Gasteiger partial charge in [0.15, 0.2) is 0 Å². The Bertz CT molecular complexity index is 504. The summed E-state index contributed by atoms with van der Waals surface area (Å²) in [6.07, 6.45) is 11.4. The predicted molar refractivity (Wildman–Crippen MR) is 110 cm³/mol. The first-order chi connectivity index (χ1) is 11.9. The lowest BCUT2D eigenvalue weighted by Crippen LogP contribution is -2.48. The highest BCUT2D eigenvalue weighted by Crippen LogP contribution is 2.25. The molecule has 0 spiro atoms. The molecule has 0 saturated carbocycles. The number of hydrogen-bond donors (Lipinski definition) is 2. The highest BCUT2D eigenvalue weighted by atomic mass is 32.3. The molecular formula is C19H42N2O5S. The van der Waals surface area contributed by atoms with Crippen molar-refractivity contribution >= 4 is 16.3 Å². The Morgan fingerprint density at radius 3 is 1.81 bits per heavy atom. The molecule has 0 aromatic rings. The first-order valence-corrected chi connectivity index (χ1v) is 11.2. The SMILES string of the molecule is CCCCCCCCCCCC(=O)NC(C)(C)CC(C)(C)OS(=O)(=O)[O-].[NH4+]. The molecule has 0 aliphatic rings. The zero-order chi connectivity index (χ0) is 20.3. The molecule has 0 radical (unpaired) electrons. The van der Waals surface area contributed by atoms with Crippen LogP contribution in [0.2, 0.25) is 0 Å². The fraction of sp³-hybridized carbons (Fsp3) is 0.947. The van der Waals surface area contributed by atoms with Gasteiger partial charge in [-0.2, -0.15) is 0 Å². The summed E-state index contributed by atoms with van der Waals surface area (Å²) in [6.45, 7) is 8.85. The van der Waals surface area contributed by atoms with Crippen molar-refractivity contribution in [2.45, 2.75) is 116 Å². The maximum absolute atomic E-state index is 12.1. The molecule has 0 saturated heterocycles. The summed E-state index contributed by atoms with van der Waals surface area (Å²) < 4.78 is 36.9. The van der Waals surface area contributed by atoms with E-state index in [4.69, 9.17) is 0 Å². The maximum atomic E-state index is 12.1. The van der Waals surface area contributed by atoms with Gasteiger partial charge in [-0.1, -0.05) is 58.3 Å². The number of nitrogens with one attached hydrogen (secondary N) is 1. The zero-order valence-corrected chi connectivity index (χ0v) is 19.0. The van der Waals surface area contributed by atoms with Crippen LogP contribution in [0.3, 0.4) is 0 Å². The summed E-state index contributed by atoms with van der Waals surface area (Å²) in [6, 6.07) is 0. The van der Waals surface area contributed by atoms with Crippen LogP contribution in [0.1, 0.15) is 105 Å². The lowest BCUT2D eigenvalue weighted by Gasteiger charge is -2.35. The van der Waals surface area contributed by atoms with E-state index in [0.717, 1.165) is 19.3 Å². The van der Waals surface area contributed by atoms with Gasteiger partial charge in [0, 0.05) is 12.0 Å². The molecule has 0 fully saturated rings. The molecule has 1 amide bonds. The minimum absolute atomic E-state index is 0. The Kier molecular flexibility index (Phi) is 14.2. The average Bonchev–Trinajstić information content (AvgIpc) is 2.40. The Morgan fingerprint density at radius 2 is 1.37 bits per heavy atom. The molecule has 0 unspecified atom stereocenters. The lowest BCUT2D eigenvalue weighted by molar-refractivity contribution is -0.123. The van der Waals surface area contributed by atoms with Crippen LogP contribution in [0.5, 0.6) is 0 Å². The number of carbonyl (C=O) groups is 1. The van der Waals surface area contributed by atoms with Gasteiger partial charge in [0.1, 0.15) is 0 Å². The Balaban J connectivity index is 0. The largest absolute Gasteiger partial charge is 0.726 e. The standard InChI is InChI=1S/C19H39NO5S.H3N/c1-6-7-8-9-10-11-12-13-14-15-17(21)20-18(2,3)16-19(4,5)25-26(22,23)24;/h6-16H2,1-5H3,(H,20,21)(H,22,23,24);1H3. The van der Waals surface area contributed by atoms with Crippen molar-refractivity contribution in [3.05, 3.63) is 0 Å². The van der Waals surface area contributed by atoms with Gasteiger partial charge < -0.3 is 16.0 Å². The Labute approximate surface area is 166 Å². The van der Waals surface area contributed by atoms with E-state index >= 15 is 0 Å². The number of carbonyl (C=O) groups excluding carboxylic acids is 1. The molecule has 164 valence electrons. The van der Waals surface area contributed by atoms with Crippen molar-refractivity contribution in [3.63, 3.8) is 0 Å². The molecule has 0 bridgehead atoms. The predicted octanol–water partition coefficient (Wildman–Crippen LogP) is 4.82.